The standard InChI is InChI=1S/C14H22N2O2S/c1-2-16-7-3-4-11(16)9-15-10-13-6-5-12(19-13)8-14(17)18/h5-6,11,15H,2-4,7-10H2,1H3,(H,17,18). The van der Waals surface area contributed by atoms with Gasteiger partial charge in [0.05, 0.1) is 6.42 Å². The first-order valence-electron chi connectivity index (χ1n) is 6.93. The van der Waals surface area contributed by atoms with Gasteiger partial charge in [0.25, 0.3) is 0 Å². The zero-order valence-corrected chi connectivity index (χ0v) is 12.2. The van der Waals surface area contributed by atoms with Crippen molar-refractivity contribution >= 4 is 17.3 Å². The highest BCUT2D eigenvalue weighted by molar-refractivity contribution is 7.12. The summed E-state index contributed by atoms with van der Waals surface area (Å²) in [5.74, 6) is -0.758. The van der Waals surface area contributed by atoms with Crippen molar-refractivity contribution in [1.82, 2.24) is 10.2 Å². The van der Waals surface area contributed by atoms with E-state index in [9.17, 15) is 4.79 Å². The fourth-order valence-corrected chi connectivity index (χ4v) is 3.64. The molecule has 19 heavy (non-hydrogen) atoms. The third kappa shape index (κ3) is 4.30. The number of carboxylic acid groups (broad SMARTS) is 1. The molecule has 1 fully saturated rings. The summed E-state index contributed by atoms with van der Waals surface area (Å²) in [5.41, 5.74) is 0. The zero-order chi connectivity index (χ0) is 13.7. The third-order valence-electron chi connectivity index (χ3n) is 3.63. The molecule has 2 heterocycles. The number of carbonyl (C=O) groups is 1. The van der Waals surface area contributed by atoms with Crippen molar-refractivity contribution in [1.29, 1.82) is 0 Å². The molecule has 1 aliphatic rings. The minimum Gasteiger partial charge on any atom is -0.481 e. The minimum atomic E-state index is -0.758. The highest BCUT2D eigenvalue weighted by Crippen LogP contribution is 2.18. The van der Waals surface area contributed by atoms with Crippen LogP contribution in [-0.4, -0.2) is 41.7 Å². The first-order valence-corrected chi connectivity index (χ1v) is 7.75. The van der Waals surface area contributed by atoms with E-state index in [-0.39, 0.29) is 6.42 Å². The van der Waals surface area contributed by atoms with Crippen molar-refractivity contribution in [2.75, 3.05) is 19.6 Å². The van der Waals surface area contributed by atoms with Crippen LogP contribution in [-0.2, 0) is 17.8 Å². The van der Waals surface area contributed by atoms with Crippen molar-refractivity contribution in [2.45, 2.75) is 38.8 Å². The smallest absolute Gasteiger partial charge is 0.308 e. The summed E-state index contributed by atoms with van der Waals surface area (Å²) in [5, 5.41) is 12.2. The average Bonchev–Trinajstić information content (AvgIpc) is 2.98. The van der Waals surface area contributed by atoms with Crippen molar-refractivity contribution in [2.24, 2.45) is 0 Å². The van der Waals surface area contributed by atoms with Crippen molar-refractivity contribution < 1.29 is 9.90 Å². The molecule has 0 radical (unpaired) electrons. The van der Waals surface area contributed by atoms with E-state index in [4.69, 9.17) is 5.11 Å². The molecule has 1 atom stereocenters. The van der Waals surface area contributed by atoms with Gasteiger partial charge in [0, 0.05) is 28.9 Å². The van der Waals surface area contributed by atoms with Crippen molar-refractivity contribution in [3.8, 4) is 0 Å². The molecule has 0 saturated carbocycles. The van der Waals surface area contributed by atoms with Gasteiger partial charge in [-0.1, -0.05) is 6.92 Å². The van der Waals surface area contributed by atoms with Crippen LogP contribution < -0.4 is 5.32 Å². The molecule has 1 aromatic rings. The number of nitrogens with one attached hydrogen (secondary N) is 1. The Hall–Kier alpha value is -0.910. The molecule has 2 rings (SSSR count). The number of rotatable bonds is 7. The number of hydrogen-bond donors (Lipinski definition) is 2. The molecule has 1 saturated heterocycles. The first kappa shape index (κ1) is 14.5. The molecule has 1 unspecified atom stereocenters. The Bertz CT molecular complexity index is 419. The predicted octanol–water partition coefficient (Wildman–Crippen LogP) is 1.95. The average molecular weight is 282 g/mol. The number of likely N-dealkylation sites (N-methyl/N-ethyl adjacent to an activating group) is 1. The van der Waals surface area contributed by atoms with E-state index in [2.05, 4.69) is 17.1 Å². The Morgan fingerprint density at radius 2 is 2.32 bits per heavy atom. The van der Waals surface area contributed by atoms with Crippen LogP contribution in [0, 0.1) is 0 Å². The number of likely N-dealkylation sites (tertiary alicyclic amines) is 1. The Morgan fingerprint density at radius 3 is 3.05 bits per heavy atom. The molecule has 1 aliphatic heterocycles. The molecular formula is C14H22N2O2S. The number of aliphatic carboxylic acids is 1. The van der Waals surface area contributed by atoms with E-state index in [0.29, 0.717) is 6.04 Å². The minimum absolute atomic E-state index is 0.136. The Morgan fingerprint density at radius 1 is 1.53 bits per heavy atom. The van der Waals surface area contributed by atoms with Crippen LogP contribution in [0.1, 0.15) is 29.5 Å². The Labute approximate surface area is 118 Å². The number of thiophene rings is 1. The van der Waals surface area contributed by atoms with Crippen LogP contribution >= 0.6 is 11.3 Å². The summed E-state index contributed by atoms with van der Waals surface area (Å²) in [4.78, 5) is 15.3. The van der Waals surface area contributed by atoms with E-state index >= 15 is 0 Å². The van der Waals surface area contributed by atoms with E-state index in [1.807, 2.05) is 12.1 Å². The lowest BCUT2D eigenvalue weighted by molar-refractivity contribution is -0.136. The van der Waals surface area contributed by atoms with Crippen molar-refractivity contribution in [3.63, 3.8) is 0 Å². The van der Waals surface area contributed by atoms with Crippen LogP contribution in [0.3, 0.4) is 0 Å². The second kappa shape index (κ2) is 7.03. The summed E-state index contributed by atoms with van der Waals surface area (Å²) in [6.45, 7) is 6.45. The van der Waals surface area contributed by atoms with Crippen molar-refractivity contribution in [3.05, 3.63) is 21.9 Å². The summed E-state index contributed by atoms with van der Waals surface area (Å²) in [6, 6.07) is 4.62. The SMILES string of the molecule is CCN1CCCC1CNCc1ccc(CC(=O)O)s1. The molecule has 0 bridgehead atoms. The van der Waals surface area contributed by atoms with Crippen LogP contribution in [0.2, 0.25) is 0 Å². The van der Waals surface area contributed by atoms with E-state index in [1.54, 1.807) is 11.3 Å². The van der Waals surface area contributed by atoms with Gasteiger partial charge in [-0.2, -0.15) is 0 Å². The van der Waals surface area contributed by atoms with Gasteiger partial charge in [0.2, 0.25) is 0 Å². The molecular weight excluding hydrogens is 260 g/mol. The molecule has 0 aliphatic carbocycles. The van der Waals surface area contributed by atoms with Crippen LogP contribution in [0.15, 0.2) is 12.1 Å². The summed E-state index contributed by atoms with van der Waals surface area (Å²) in [7, 11) is 0. The predicted molar refractivity (Wildman–Crippen MR) is 77.6 cm³/mol. The highest BCUT2D eigenvalue weighted by atomic mass is 32.1. The molecule has 0 spiro atoms. The van der Waals surface area contributed by atoms with E-state index < -0.39 is 5.97 Å². The van der Waals surface area contributed by atoms with Gasteiger partial charge in [-0.05, 0) is 38.1 Å². The molecule has 4 nitrogen and oxygen atoms in total. The normalized spacial score (nSPS) is 19.9. The Balaban J connectivity index is 1.73. The maximum absolute atomic E-state index is 10.6. The first-order chi connectivity index (χ1) is 9.19. The second-order valence-corrected chi connectivity index (χ2v) is 6.25. The van der Waals surface area contributed by atoms with Crippen LogP contribution in [0.4, 0.5) is 0 Å². The molecule has 0 aromatic carbocycles. The monoisotopic (exact) mass is 282 g/mol. The summed E-state index contributed by atoms with van der Waals surface area (Å²) >= 11 is 1.59. The Kier molecular flexibility index (Phi) is 5.36. The fraction of sp³-hybridized carbons (Fsp3) is 0.643. The van der Waals surface area contributed by atoms with Crippen LogP contribution in [0.5, 0.6) is 0 Å². The van der Waals surface area contributed by atoms with Gasteiger partial charge < -0.3 is 10.4 Å². The van der Waals surface area contributed by atoms with Gasteiger partial charge in [0.15, 0.2) is 0 Å². The third-order valence-corrected chi connectivity index (χ3v) is 4.71. The molecule has 0 amide bonds. The van der Waals surface area contributed by atoms with Gasteiger partial charge in [-0.3, -0.25) is 9.69 Å². The maximum atomic E-state index is 10.6. The topological polar surface area (TPSA) is 52.6 Å². The molecule has 106 valence electrons. The van der Waals surface area contributed by atoms with Gasteiger partial charge in [-0.15, -0.1) is 11.3 Å². The van der Waals surface area contributed by atoms with E-state index in [0.717, 1.165) is 24.5 Å². The second-order valence-electron chi connectivity index (χ2n) is 4.99. The zero-order valence-electron chi connectivity index (χ0n) is 11.4. The quantitative estimate of drug-likeness (QED) is 0.802. The molecule has 1 aromatic heterocycles. The lowest BCUT2D eigenvalue weighted by Crippen LogP contribution is -2.37. The molecule has 2 N–H and O–H groups in total. The number of carboxylic acids is 1. The number of hydrogen-bond acceptors (Lipinski definition) is 4. The lowest BCUT2D eigenvalue weighted by atomic mass is 10.2. The fourth-order valence-electron chi connectivity index (χ4n) is 2.67. The number of nitrogens with zero attached hydrogens (tertiary/aromatic N) is 1. The summed E-state index contributed by atoms with van der Waals surface area (Å²) in [6.07, 6.45) is 2.73. The van der Waals surface area contributed by atoms with Gasteiger partial charge in [0.1, 0.15) is 0 Å². The van der Waals surface area contributed by atoms with Crippen LogP contribution in [0.25, 0.3) is 0 Å². The molecule has 5 heteroatoms. The highest BCUT2D eigenvalue weighted by Gasteiger charge is 2.22. The van der Waals surface area contributed by atoms with E-state index in [1.165, 1.54) is 24.3 Å². The largest absolute Gasteiger partial charge is 0.481 e. The van der Waals surface area contributed by atoms with Gasteiger partial charge >= 0.3 is 5.97 Å². The van der Waals surface area contributed by atoms with Gasteiger partial charge in [-0.25, -0.2) is 0 Å². The summed E-state index contributed by atoms with van der Waals surface area (Å²) < 4.78 is 0. The lowest BCUT2D eigenvalue weighted by Gasteiger charge is -2.22. The maximum Gasteiger partial charge on any atom is 0.308 e.